The normalized spacial score (nSPS) is 16.2. The molecular weight excluding hydrogens is 297 g/mol. The van der Waals surface area contributed by atoms with Crippen LogP contribution in [0.5, 0.6) is 0 Å². The van der Waals surface area contributed by atoms with E-state index in [2.05, 4.69) is 10.6 Å². The first-order valence-corrected chi connectivity index (χ1v) is 7.19. The van der Waals surface area contributed by atoms with Crippen molar-refractivity contribution in [3.05, 3.63) is 23.8 Å². The Kier molecular flexibility index (Phi) is 4.95. The Bertz CT molecular complexity index is 542. The topological polar surface area (TPSA) is 61.4 Å². The van der Waals surface area contributed by atoms with E-state index in [1.807, 2.05) is 0 Å². The van der Waals surface area contributed by atoms with Crippen LogP contribution in [-0.4, -0.2) is 24.2 Å². The number of aliphatic hydroxyl groups is 1. The SMILES string of the molecule is CC(C(=O)Nc1ccc(NCCO)c(C(F)(F)F)c1)C1CC1. The molecule has 0 saturated heterocycles. The van der Waals surface area contributed by atoms with Gasteiger partial charge in [0.1, 0.15) is 0 Å². The van der Waals surface area contributed by atoms with Crippen LogP contribution < -0.4 is 10.6 Å². The van der Waals surface area contributed by atoms with Crippen LogP contribution in [0, 0.1) is 11.8 Å². The summed E-state index contributed by atoms with van der Waals surface area (Å²) in [5, 5.41) is 13.8. The highest BCUT2D eigenvalue weighted by atomic mass is 19.4. The molecule has 0 bridgehead atoms. The third-order valence-corrected chi connectivity index (χ3v) is 3.76. The first-order valence-electron chi connectivity index (χ1n) is 7.19. The number of benzene rings is 1. The largest absolute Gasteiger partial charge is 0.418 e. The minimum absolute atomic E-state index is 0.0213. The number of nitrogens with one attached hydrogen (secondary N) is 2. The minimum Gasteiger partial charge on any atom is -0.395 e. The van der Waals surface area contributed by atoms with Gasteiger partial charge in [-0.2, -0.15) is 13.2 Å². The molecule has 0 spiro atoms. The maximum absolute atomic E-state index is 13.1. The summed E-state index contributed by atoms with van der Waals surface area (Å²) in [6.45, 7) is 1.54. The third kappa shape index (κ3) is 4.13. The van der Waals surface area contributed by atoms with E-state index in [-0.39, 0.29) is 36.4 Å². The number of hydrogen-bond donors (Lipinski definition) is 3. The van der Waals surface area contributed by atoms with Gasteiger partial charge in [0.2, 0.25) is 5.91 Å². The molecule has 0 heterocycles. The third-order valence-electron chi connectivity index (χ3n) is 3.76. The molecule has 1 amide bonds. The molecule has 0 aromatic heterocycles. The molecule has 1 aliphatic rings. The van der Waals surface area contributed by atoms with Crippen LogP contribution in [-0.2, 0) is 11.0 Å². The quantitative estimate of drug-likeness (QED) is 0.756. The molecule has 0 radical (unpaired) electrons. The van der Waals surface area contributed by atoms with Crippen LogP contribution >= 0.6 is 0 Å². The van der Waals surface area contributed by atoms with E-state index in [9.17, 15) is 18.0 Å². The number of halogens is 3. The summed E-state index contributed by atoms with van der Waals surface area (Å²) in [6, 6.07) is 3.60. The summed E-state index contributed by atoms with van der Waals surface area (Å²) < 4.78 is 39.2. The van der Waals surface area contributed by atoms with Crippen molar-refractivity contribution in [1.29, 1.82) is 0 Å². The Balaban J connectivity index is 2.16. The number of anilines is 2. The Morgan fingerprint density at radius 2 is 2.09 bits per heavy atom. The fourth-order valence-electron chi connectivity index (χ4n) is 2.27. The van der Waals surface area contributed by atoms with Crippen molar-refractivity contribution < 1.29 is 23.1 Å². The summed E-state index contributed by atoms with van der Waals surface area (Å²) in [5.41, 5.74) is -0.855. The number of aliphatic hydroxyl groups excluding tert-OH is 1. The van der Waals surface area contributed by atoms with Crippen molar-refractivity contribution in [3.63, 3.8) is 0 Å². The molecule has 22 heavy (non-hydrogen) atoms. The van der Waals surface area contributed by atoms with E-state index in [0.717, 1.165) is 18.9 Å². The van der Waals surface area contributed by atoms with Crippen LogP contribution in [0.15, 0.2) is 18.2 Å². The molecule has 122 valence electrons. The minimum atomic E-state index is -4.54. The van der Waals surface area contributed by atoms with Gasteiger partial charge in [0.25, 0.3) is 0 Å². The van der Waals surface area contributed by atoms with Crippen molar-refractivity contribution in [2.24, 2.45) is 11.8 Å². The Morgan fingerprint density at radius 3 is 2.64 bits per heavy atom. The van der Waals surface area contributed by atoms with Gasteiger partial charge < -0.3 is 15.7 Å². The first kappa shape index (κ1) is 16.6. The summed E-state index contributed by atoms with van der Waals surface area (Å²) in [6.07, 6.45) is -2.56. The highest BCUT2D eigenvalue weighted by Crippen LogP contribution is 2.38. The summed E-state index contributed by atoms with van der Waals surface area (Å²) in [7, 11) is 0. The Morgan fingerprint density at radius 1 is 1.41 bits per heavy atom. The zero-order chi connectivity index (χ0) is 16.3. The van der Waals surface area contributed by atoms with Gasteiger partial charge in [-0.25, -0.2) is 0 Å². The lowest BCUT2D eigenvalue weighted by atomic mass is 10.1. The van der Waals surface area contributed by atoms with Gasteiger partial charge in [-0.15, -0.1) is 0 Å². The fourth-order valence-corrected chi connectivity index (χ4v) is 2.27. The number of carbonyl (C=O) groups is 1. The maximum Gasteiger partial charge on any atom is 0.418 e. The van der Waals surface area contributed by atoms with Crippen LogP contribution in [0.1, 0.15) is 25.3 Å². The van der Waals surface area contributed by atoms with Crippen LogP contribution in [0.25, 0.3) is 0 Å². The lowest BCUT2D eigenvalue weighted by Crippen LogP contribution is -2.22. The number of rotatable bonds is 6. The van der Waals surface area contributed by atoms with Crippen molar-refractivity contribution in [2.75, 3.05) is 23.8 Å². The zero-order valence-corrected chi connectivity index (χ0v) is 12.2. The second-order valence-corrected chi connectivity index (χ2v) is 5.52. The molecule has 1 aromatic carbocycles. The number of carbonyl (C=O) groups excluding carboxylic acids is 1. The predicted octanol–water partition coefficient (Wildman–Crippen LogP) is 3.09. The second-order valence-electron chi connectivity index (χ2n) is 5.52. The average molecular weight is 316 g/mol. The molecule has 1 unspecified atom stereocenters. The number of amides is 1. The lowest BCUT2D eigenvalue weighted by molar-refractivity contribution is -0.137. The van der Waals surface area contributed by atoms with Gasteiger partial charge in [0.15, 0.2) is 0 Å². The van der Waals surface area contributed by atoms with Gasteiger partial charge in [-0.05, 0) is 37.0 Å². The Hall–Kier alpha value is -1.76. The molecule has 4 nitrogen and oxygen atoms in total. The van der Waals surface area contributed by atoms with E-state index in [1.54, 1.807) is 6.92 Å². The molecule has 1 saturated carbocycles. The molecular formula is C15H19F3N2O2. The molecule has 7 heteroatoms. The first-order chi connectivity index (χ1) is 10.3. The lowest BCUT2D eigenvalue weighted by Gasteiger charge is -2.17. The zero-order valence-electron chi connectivity index (χ0n) is 12.2. The summed E-state index contributed by atoms with van der Waals surface area (Å²) >= 11 is 0. The molecule has 1 fully saturated rings. The van der Waals surface area contributed by atoms with E-state index in [4.69, 9.17) is 5.11 Å². The number of hydrogen-bond acceptors (Lipinski definition) is 3. The molecule has 1 aliphatic carbocycles. The van der Waals surface area contributed by atoms with Gasteiger partial charge in [-0.1, -0.05) is 6.92 Å². The maximum atomic E-state index is 13.1. The van der Waals surface area contributed by atoms with E-state index in [1.165, 1.54) is 12.1 Å². The van der Waals surface area contributed by atoms with Crippen molar-refractivity contribution in [2.45, 2.75) is 25.9 Å². The number of alkyl halides is 3. The van der Waals surface area contributed by atoms with E-state index < -0.39 is 11.7 Å². The second kappa shape index (κ2) is 6.56. The molecule has 1 aromatic rings. The van der Waals surface area contributed by atoms with Crippen molar-refractivity contribution in [1.82, 2.24) is 0 Å². The standard InChI is InChI=1S/C15H19F3N2O2/c1-9(10-2-3-10)14(22)20-11-4-5-13(19-6-7-21)12(8-11)15(16,17)18/h4-5,8-10,19,21H,2-3,6-7H2,1H3,(H,20,22). The van der Waals surface area contributed by atoms with Gasteiger partial charge in [-0.3, -0.25) is 4.79 Å². The van der Waals surface area contributed by atoms with Gasteiger partial charge in [0, 0.05) is 23.8 Å². The van der Waals surface area contributed by atoms with Crippen molar-refractivity contribution in [3.8, 4) is 0 Å². The fraction of sp³-hybridized carbons (Fsp3) is 0.533. The Labute approximate surface area is 126 Å². The predicted molar refractivity (Wildman–Crippen MR) is 77.5 cm³/mol. The average Bonchev–Trinajstić information content (AvgIpc) is 3.28. The highest BCUT2D eigenvalue weighted by Gasteiger charge is 2.35. The van der Waals surface area contributed by atoms with E-state index >= 15 is 0 Å². The monoisotopic (exact) mass is 316 g/mol. The molecule has 2 rings (SSSR count). The molecule has 1 atom stereocenters. The van der Waals surface area contributed by atoms with Crippen LogP contribution in [0.2, 0.25) is 0 Å². The smallest absolute Gasteiger partial charge is 0.395 e. The molecule has 3 N–H and O–H groups in total. The van der Waals surface area contributed by atoms with Gasteiger partial charge in [0.05, 0.1) is 12.2 Å². The van der Waals surface area contributed by atoms with Crippen molar-refractivity contribution >= 4 is 17.3 Å². The summed E-state index contributed by atoms with van der Waals surface area (Å²) in [5.74, 6) is -0.110. The highest BCUT2D eigenvalue weighted by molar-refractivity contribution is 5.93. The summed E-state index contributed by atoms with van der Waals surface area (Å²) in [4.78, 5) is 12.0. The van der Waals surface area contributed by atoms with E-state index in [0.29, 0.717) is 5.92 Å². The van der Waals surface area contributed by atoms with Crippen LogP contribution in [0.4, 0.5) is 24.5 Å². The van der Waals surface area contributed by atoms with Gasteiger partial charge >= 0.3 is 6.18 Å². The molecule has 0 aliphatic heterocycles. The van der Waals surface area contributed by atoms with Crippen LogP contribution in [0.3, 0.4) is 0 Å².